The molecule has 4 heteroatoms. The van der Waals surface area contributed by atoms with Gasteiger partial charge in [-0.3, -0.25) is 4.99 Å². The van der Waals surface area contributed by atoms with Gasteiger partial charge >= 0.3 is 0 Å². The van der Waals surface area contributed by atoms with Gasteiger partial charge in [0, 0.05) is 6.04 Å². The van der Waals surface area contributed by atoms with Crippen molar-refractivity contribution in [3.63, 3.8) is 0 Å². The van der Waals surface area contributed by atoms with Gasteiger partial charge in [0.15, 0.2) is 5.96 Å². The van der Waals surface area contributed by atoms with E-state index in [1.165, 1.54) is 17.9 Å². The number of aliphatic imine (C=N–C) groups is 1. The molecule has 0 aliphatic carbocycles. The Bertz CT molecular complexity index is 234. The Morgan fingerprint density at radius 1 is 1.57 bits per heavy atom. The standard InChI is InChI=1S/C10H19N3S/c1-7(2)13-9(5-12-10(13)11)8-3-4-14-6-8/h7-9H,3-6H2,1-2H3,(H2,11,12). The average molecular weight is 213 g/mol. The van der Waals surface area contributed by atoms with Crippen LogP contribution in [0.2, 0.25) is 0 Å². The van der Waals surface area contributed by atoms with Crippen LogP contribution in [0.4, 0.5) is 0 Å². The number of nitrogens with zero attached hydrogens (tertiary/aromatic N) is 2. The number of guanidine groups is 1. The molecular formula is C10H19N3S. The first-order valence-electron chi connectivity index (χ1n) is 5.36. The third kappa shape index (κ3) is 1.72. The molecule has 0 aromatic heterocycles. The van der Waals surface area contributed by atoms with Crippen LogP contribution in [0.15, 0.2) is 4.99 Å². The van der Waals surface area contributed by atoms with Gasteiger partial charge in [0.2, 0.25) is 0 Å². The fourth-order valence-electron chi connectivity index (χ4n) is 2.41. The van der Waals surface area contributed by atoms with Crippen molar-refractivity contribution >= 4 is 17.7 Å². The molecular weight excluding hydrogens is 194 g/mol. The fraction of sp³-hybridized carbons (Fsp3) is 0.900. The normalized spacial score (nSPS) is 32.8. The molecule has 0 amide bonds. The molecule has 2 aliphatic heterocycles. The molecule has 0 spiro atoms. The highest BCUT2D eigenvalue weighted by Gasteiger charge is 2.35. The van der Waals surface area contributed by atoms with Crippen LogP contribution in [0.3, 0.4) is 0 Å². The van der Waals surface area contributed by atoms with E-state index in [-0.39, 0.29) is 0 Å². The monoisotopic (exact) mass is 213 g/mol. The second-order valence-electron chi connectivity index (χ2n) is 4.39. The third-order valence-electron chi connectivity index (χ3n) is 3.13. The molecule has 3 nitrogen and oxygen atoms in total. The van der Waals surface area contributed by atoms with Crippen LogP contribution >= 0.6 is 11.8 Å². The summed E-state index contributed by atoms with van der Waals surface area (Å²) in [4.78, 5) is 6.68. The van der Waals surface area contributed by atoms with Crippen molar-refractivity contribution in [2.45, 2.75) is 32.4 Å². The summed E-state index contributed by atoms with van der Waals surface area (Å²) in [6, 6.07) is 1.06. The summed E-state index contributed by atoms with van der Waals surface area (Å²) in [5.74, 6) is 4.15. The van der Waals surface area contributed by atoms with Crippen molar-refractivity contribution < 1.29 is 0 Å². The second kappa shape index (κ2) is 4.01. The second-order valence-corrected chi connectivity index (χ2v) is 5.54. The molecule has 2 N–H and O–H groups in total. The van der Waals surface area contributed by atoms with Gasteiger partial charge in [0.25, 0.3) is 0 Å². The van der Waals surface area contributed by atoms with Crippen LogP contribution in [0, 0.1) is 5.92 Å². The summed E-state index contributed by atoms with van der Waals surface area (Å²) in [6.07, 6.45) is 1.33. The van der Waals surface area contributed by atoms with E-state index < -0.39 is 0 Å². The minimum atomic E-state index is 0.483. The lowest BCUT2D eigenvalue weighted by Gasteiger charge is -2.33. The van der Waals surface area contributed by atoms with Crippen LogP contribution in [0.25, 0.3) is 0 Å². The number of hydrogen-bond donors (Lipinski definition) is 1. The Balaban J connectivity index is 2.05. The molecule has 1 saturated heterocycles. The van der Waals surface area contributed by atoms with E-state index in [9.17, 15) is 0 Å². The Labute approximate surface area is 90.1 Å². The summed E-state index contributed by atoms with van der Waals surface area (Å²) in [5.41, 5.74) is 5.91. The average Bonchev–Trinajstić information content (AvgIpc) is 2.70. The molecule has 2 atom stereocenters. The van der Waals surface area contributed by atoms with Crippen LogP contribution < -0.4 is 5.73 Å². The number of thioether (sulfide) groups is 1. The lowest BCUT2D eigenvalue weighted by molar-refractivity contribution is 0.227. The van der Waals surface area contributed by atoms with Crippen LogP contribution in [0.1, 0.15) is 20.3 Å². The van der Waals surface area contributed by atoms with E-state index in [0.29, 0.717) is 12.1 Å². The summed E-state index contributed by atoms with van der Waals surface area (Å²) < 4.78 is 0. The van der Waals surface area contributed by atoms with Gasteiger partial charge < -0.3 is 10.6 Å². The third-order valence-corrected chi connectivity index (χ3v) is 4.32. The Kier molecular flexibility index (Phi) is 2.91. The van der Waals surface area contributed by atoms with Crippen LogP contribution in [-0.4, -0.2) is 41.0 Å². The van der Waals surface area contributed by atoms with Gasteiger partial charge in [-0.15, -0.1) is 0 Å². The lowest BCUT2D eigenvalue weighted by atomic mass is 9.98. The maximum absolute atomic E-state index is 5.91. The van der Waals surface area contributed by atoms with Gasteiger partial charge in [-0.2, -0.15) is 11.8 Å². The topological polar surface area (TPSA) is 41.6 Å². The molecule has 0 radical (unpaired) electrons. The van der Waals surface area contributed by atoms with Crippen molar-refractivity contribution in [3.8, 4) is 0 Å². The van der Waals surface area contributed by atoms with E-state index in [4.69, 9.17) is 5.73 Å². The summed E-state index contributed by atoms with van der Waals surface area (Å²) in [7, 11) is 0. The van der Waals surface area contributed by atoms with Crippen LogP contribution in [-0.2, 0) is 0 Å². The molecule has 0 saturated carbocycles. The van der Waals surface area contributed by atoms with Crippen molar-refractivity contribution in [2.24, 2.45) is 16.6 Å². The highest BCUT2D eigenvalue weighted by molar-refractivity contribution is 7.99. The Morgan fingerprint density at radius 2 is 2.36 bits per heavy atom. The first kappa shape index (κ1) is 10.1. The highest BCUT2D eigenvalue weighted by atomic mass is 32.2. The molecule has 1 fully saturated rings. The van der Waals surface area contributed by atoms with E-state index >= 15 is 0 Å². The molecule has 0 aromatic rings. The van der Waals surface area contributed by atoms with Crippen molar-refractivity contribution in [3.05, 3.63) is 0 Å². The Morgan fingerprint density at radius 3 is 2.93 bits per heavy atom. The quantitative estimate of drug-likeness (QED) is 0.748. The van der Waals surface area contributed by atoms with E-state index in [1.54, 1.807) is 0 Å². The van der Waals surface area contributed by atoms with Gasteiger partial charge in [0.05, 0.1) is 12.6 Å². The summed E-state index contributed by atoms with van der Waals surface area (Å²) >= 11 is 2.07. The van der Waals surface area contributed by atoms with Gasteiger partial charge in [-0.1, -0.05) is 0 Å². The van der Waals surface area contributed by atoms with Crippen LogP contribution in [0.5, 0.6) is 0 Å². The van der Waals surface area contributed by atoms with Gasteiger partial charge in [-0.05, 0) is 37.7 Å². The molecule has 2 unspecified atom stereocenters. The summed E-state index contributed by atoms with van der Waals surface area (Å²) in [5, 5.41) is 0. The lowest BCUT2D eigenvalue weighted by Crippen LogP contribution is -2.48. The smallest absolute Gasteiger partial charge is 0.191 e. The minimum absolute atomic E-state index is 0.483. The fourth-order valence-corrected chi connectivity index (χ4v) is 3.73. The van der Waals surface area contributed by atoms with E-state index in [0.717, 1.165) is 18.4 Å². The van der Waals surface area contributed by atoms with Crippen molar-refractivity contribution in [1.82, 2.24) is 4.90 Å². The Hall–Kier alpha value is -0.380. The molecule has 0 aromatic carbocycles. The molecule has 2 rings (SSSR count). The minimum Gasteiger partial charge on any atom is -0.370 e. The predicted octanol–water partition coefficient (Wildman–Crippen LogP) is 1.15. The van der Waals surface area contributed by atoms with Crippen molar-refractivity contribution in [2.75, 3.05) is 18.1 Å². The molecule has 0 bridgehead atoms. The first-order valence-corrected chi connectivity index (χ1v) is 6.51. The highest BCUT2D eigenvalue weighted by Crippen LogP contribution is 2.31. The zero-order valence-electron chi connectivity index (χ0n) is 8.94. The first-order chi connectivity index (χ1) is 6.70. The molecule has 2 heterocycles. The largest absolute Gasteiger partial charge is 0.370 e. The van der Waals surface area contributed by atoms with Crippen molar-refractivity contribution in [1.29, 1.82) is 0 Å². The molecule has 14 heavy (non-hydrogen) atoms. The summed E-state index contributed by atoms with van der Waals surface area (Å²) in [6.45, 7) is 5.31. The maximum atomic E-state index is 5.91. The number of hydrogen-bond acceptors (Lipinski definition) is 4. The van der Waals surface area contributed by atoms with E-state index in [1.807, 2.05) is 0 Å². The molecule has 2 aliphatic rings. The number of rotatable bonds is 2. The SMILES string of the molecule is CC(C)N1C(N)=NCC1C1CCSC1. The van der Waals surface area contributed by atoms with Gasteiger partial charge in [0.1, 0.15) is 0 Å². The van der Waals surface area contributed by atoms with E-state index in [2.05, 4.69) is 35.5 Å². The zero-order chi connectivity index (χ0) is 10.1. The number of nitrogens with two attached hydrogens (primary N) is 1. The zero-order valence-corrected chi connectivity index (χ0v) is 9.76. The van der Waals surface area contributed by atoms with Gasteiger partial charge in [-0.25, -0.2) is 0 Å². The maximum Gasteiger partial charge on any atom is 0.191 e. The molecule has 80 valence electrons. The predicted molar refractivity (Wildman–Crippen MR) is 62.7 cm³/mol.